The Kier molecular flexibility index (Phi) is 9.51. The lowest BCUT2D eigenvalue weighted by atomic mass is 9.91. The highest BCUT2D eigenvalue weighted by Crippen LogP contribution is 2.19. The molecule has 1 heterocycles. The van der Waals surface area contributed by atoms with Crippen LogP contribution < -0.4 is 10.7 Å². The van der Waals surface area contributed by atoms with Gasteiger partial charge in [0.1, 0.15) is 18.2 Å². The first-order valence-corrected chi connectivity index (χ1v) is 9.85. The highest BCUT2D eigenvalue weighted by atomic mass is 16.6. The molecule has 1 unspecified atom stereocenters. The van der Waals surface area contributed by atoms with Crippen molar-refractivity contribution >= 4 is 18.2 Å². The van der Waals surface area contributed by atoms with E-state index in [-0.39, 0.29) is 19.1 Å². The number of hydrogen-bond donors (Lipinski definition) is 2. The van der Waals surface area contributed by atoms with Crippen molar-refractivity contribution in [3.05, 3.63) is 0 Å². The summed E-state index contributed by atoms with van der Waals surface area (Å²) in [7, 11) is 0. The molecule has 1 rings (SSSR count). The molecule has 2 N–H and O–H groups in total. The van der Waals surface area contributed by atoms with Gasteiger partial charge in [0.05, 0.1) is 13.2 Å². The van der Waals surface area contributed by atoms with Crippen molar-refractivity contribution in [1.82, 2.24) is 15.8 Å². The Hall–Kier alpha value is -2.03. The number of hydrazine groups is 1. The number of esters is 1. The van der Waals surface area contributed by atoms with E-state index in [4.69, 9.17) is 14.2 Å². The third kappa shape index (κ3) is 9.25. The highest BCUT2D eigenvalue weighted by molar-refractivity contribution is 5.77. The Morgan fingerprint density at radius 2 is 1.93 bits per heavy atom. The Bertz CT molecular complexity index is 532. The summed E-state index contributed by atoms with van der Waals surface area (Å²) in [6.07, 6.45) is 0.181. The summed E-state index contributed by atoms with van der Waals surface area (Å²) in [6.45, 7) is 12.5. The molecule has 1 aliphatic heterocycles. The number of alkyl carbamates (subject to hydrolysis) is 1. The molecule has 0 saturated carbocycles. The molecule has 2 amide bonds. The third-order valence-electron chi connectivity index (χ3n) is 3.95. The third-order valence-corrected chi connectivity index (χ3v) is 3.95. The first-order valence-electron chi connectivity index (χ1n) is 9.85. The van der Waals surface area contributed by atoms with E-state index >= 15 is 0 Å². The number of amides is 2. The lowest BCUT2D eigenvalue weighted by Gasteiger charge is -2.27. The maximum Gasteiger partial charge on any atom is 0.424 e. The van der Waals surface area contributed by atoms with Gasteiger partial charge >= 0.3 is 18.2 Å². The molecule has 9 nitrogen and oxygen atoms in total. The van der Waals surface area contributed by atoms with E-state index in [1.165, 1.54) is 5.01 Å². The highest BCUT2D eigenvalue weighted by Gasteiger charge is 2.31. The van der Waals surface area contributed by atoms with Crippen LogP contribution in [-0.2, 0) is 19.0 Å². The predicted octanol–water partition coefficient (Wildman–Crippen LogP) is 2.45. The van der Waals surface area contributed by atoms with Crippen LogP contribution in [-0.4, -0.2) is 61.1 Å². The van der Waals surface area contributed by atoms with Gasteiger partial charge in [0.15, 0.2) is 0 Å². The van der Waals surface area contributed by atoms with Gasteiger partial charge in [-0.2, -0.15) is 0 Å². The standard InChI is InChI=1S/C19H35N3O6/c1-7-26-16(23)15(21-22-8-9-27-18(22)25)11-14(10-13(2)3)12-20-17(24)28-19(4,5)6/h13-15,21H,7-12H2,1-6H3,(H,20,24)/t14-,15?/m0/s1. The molecule has 0 bridgehead atoms. The molecule has 9 heteroatoms. The second-order valence-corrected chi connectivity index (χ2v) is 8.31. The van der Waals surface area contributed by atoms with E-state index in [1.54, 1.807) is 27.7 Å². The Labute approximate surface area is 167 Å². The summed E-state index contributed by atoms with van der Waals surface area (Å²) >= 11 is 0. The van der Waals surface area contributed by atoms with Gasteiger partial charge in [0.2, 0.25) is 0 Å². The van der Waals surface area contributed by atoms with E-state index in [2.05, 4.69) is 24.6 Å². The number of hydrogen-bond acceptors (Lipinski definition) is 7. The van der Waals surface area contributed by atoms with Crippen molar-refractivity contribution in [2.45, 2.75) is 66.0 Å². The topological polar surface area (TPSA) is 106 Å². The van der Waals surface area contributed by atoms with Gasteiger partial charge in [0.25, 0.3) is 0 Å². The number of nitrogens with one attached hydrogen (secondary N) is 2. The fraction of sp³-hybridized carbons (Fsp3) is 0.842. The van der Waals surface area contributed by atoms with Crippen molar-refractivity contribution < 1.29 is 28.6 Å². The quantitative estimate of drug-likeness (QED) is 0.428. The lowest BCUT2D eigenvalue weighted by Crippen LogP contribution is -2.51. The van der Waals surface area contributed by atoms with Gasteiger partial charge in [0, 0.05) is 6.54 Å². The fourth-order valence-electron chi connectivity index (χ4n) is 2.95. The van der Waals surface area contributed by atoms with E-state index in [9.17, 15) is 14.4 Å². The van der Waals surface area contributed by atoms with Crippen LogP contribution in [0.25, 0.3) is 0 Å². The molecule has 0 aliphatic carbocycles. The predicted molar refractivity (Wildman–Crippen MR) is 103 cm³/mol. The maximum atomic E-state index is 12.4. The zero-order valence-corrected chi connectivity index (χ0v) is 17.9. The van der Waals surface area contributed by atoms with Crippen molar-refractivity contribution in [1.29, 1.82) is 0 Å². The van der Waals surface area contributed by atoms with Crippen LogP contribution in [0.3, 0.4) is 0 Å². The normalized spacial score (nSPS) is 16.5. The van der Waals surface area contributed by atoms with Gasteiger partial charge in [-0.1, -0.05) is 13.8 Å². The molecule has 162 valence electrons. The average molecular weight is 402 g/mol. The summed E-state index contributed by atoms with van der Waals surface area (Å²) in [6, 6.07) is -0.713. The summed E-state index contributed by atoms with van der Waals surface area (Å²) in [4.78, 5) is 36.1. The molecule has 1 saturated heterocycles. The minimum absolute atomic E-state index is 0.00644. The van der Waals surface area contributed by atoms with Crippen molar-refractivity contribution in [2.24, 2.45) is 11.8 Å². The van der Waals surface area contributed by atoms with E-state index in [0.717, 1.165) is 6.42 Å². The molecule has 2 atom stereocenters. The summed E-state index contributed by atoms with van der Waals surface area (Å²) in [5.41, 5.74) is 2.34. The van der Waals surface area contributed by atoms with E-state index in [1.807, 2.05) is 0 Å². The maximum absolute atomic E-state index is 12.4. The molecule has 0 aromatic rings. The number of carbonyl (C=O) groups excluding carboxylic acids is 3. The Balaban J connectivity index is 2.76. The zero-order chi connectivity index (χ0) is 21.3. The first-order chi connectivity index (χ1) is 13.0. The number of carbonyl (C=O) groups is 3. The van der Waals surface area contributed by atoms with Crippen molar-refractivity contribution in [2.75, 3.05) is 26.3 Å². The molecular weight excluding hydrogens is 366 g/mol. The zero-order valence-electron chi connectivity index (χ0n) is 17.9. The number of nitrogens with zero attached hydrogens (tertiary/aromatic N) is 1. The van der Waals surface area contributed by atoms with E-state index < -0.39 is 29.8 Å². The van der Waals surface area contributed by atoms with Crippen molar-refractivity contribution in [3.63, 3.8) is 0 Å². The average Bonchev–Trinajstić information content (AvgIpc) is 2.95. The van der Waals surface area contributed by atoms with Crippen LogP contribution in [0.4, 0.5) is 9.59 Å². The van der Waals surface area contributed by atoms with Crippen LogP contribution in [0.2, 0.25) is 0 Å². The van der Waals surface area contributed by atoms with Crippen LogP contribution >= 0.6 is 0 Å². The minimum atomic E-state index is -0.713. The fourth-order valence-corrected chi connectivity index (χ4v) is 2.95. The second kappa shape index (κ2) is 11.1. The smallest absolute Gasteiger partial charge is 0.424 e. The number of cyclic esters (lactones) is 1. The van der Waals surface area contributed by atoms with Crippen LogP contribution in [0.15, 0.2) is 0 Å². The van der Waals surface area contributed by atoms with Gasteiger partial charge in [-0.05, 0) is 52.4 Å². The monoisotopic (exact) mass is 401 g/mol. The Morgan fingerprint density at radius 1 is 1.25 bits per heavy atom. The molecule has 1 aliphatic rings. The second-order valence-electron chi connectivity index (χ2n) is 8.31. The first kappa shape index (κ1) is 24.0. The molecule has 0 spiro atoms. The molecule has 0 radical (unpaired) electrons. The lowest BCUT2D eigenvalue weighted by molar-refractivity contribution is -0.147. The van der Waals surface area contributed by atoms with Gasteiger partial charge in [-0.25, -0.2) is 20.0 Å². The molecule has 1 fully saturated rings. The van der Waals surface area contributed by atoms with Gasteiger partial charge in [-0.3, -0.25) is 4.79 Å². The summed E-state index contributed by atoms with van der Waals surface area (Å²) in [5.74, 6) is -0.0775. The Morgan fingerprint density at radius 3 is 2.43 bits per heavy atom. The summed E-state index contributed by atoms with van der Waals surface area (Å²) in [5, 5.41) is 4.06. The molecular formula is C19H35N3O6. The van der Waals surface area contributed by atoms with Gasteiger partial charge < -0.3 is 19.5 Å². The van der Waals surface area contributed by atoms with Crippen LogP contribution in [0.1, 0.15) is 54.4 Å². The minimum Gasteiger partial charge on any atom is -0.465 e. The van der Waals surface area contributed by atoms with E-state index in [0.29, 0.717) is 25.4 Å². The number of rotatable bonds is 10. The van der Waals surface area contributed by atoms with Crippen LogP contribution in [0, 0.1) is 11.8 Å². The van der Waals surface area contributed by atoms with Crippen molar-refractivity contribution in [3.8, 4) is 0 Å². The molecule has 0 aromatic carbocycles. The molecule has 0 aromatic heterocycles. The SMILES string of the molecule is CCOC(=O)C(C[C@@H](CNC(=O)OC(C)(C)C)CC(C)C)NN1CCOC1=O. The largest absolute Gasteiger partial charge is 0.465 e. The number of ether oxygens (including phenoxy) is 3. The van der Waals surface area contributed by atoms with Gasteiger partial charge in [-0.15, -0.1) is 0 Å². The summed E-state index contributed by atoms with van der Waals surface area (Å²) < 4.78 is 15.3. The van der Waals surface area contributed by atoms with Crippen LogP contribution in [0.5, 0.6) is 0 Å². The molecule has 28 heavy (non-hydrogen) atoms.